The molecule has 0 radical (unpaired) electrons. The fourth-order valence-electron chi connectivity index (χ4n) is 2.27. The first-order valence-electron chi connectivity index (χ1n) is 7.51. The molecular formula is C18H18ClFN2O2. The van der Waals surface area contributed by atoms with E-state index in [4.69, 9.17) is 11.6 Å². The van der Waals surface area contributed by atoms with Crippen molar-refractivity contribution < 1.29 is 14.0 Å². The fraction of sp³-hybridized carbons (Fsp3) is 0.222. The van der Waals surface area contributed by atoms with E-state index in [0.717, 1.165) is 0 Å². The summed E-state index contributed by atoms with van der Waals surface area (Å²) in [7, 11) is 0. The number of nitrogens with one attached hydrogen (secondary N) is 1. The van der Waals surface area contributed by atoms with E-state index in [2.05, 4.69) is 5.32 Å². The Hall–Kier alpha value is -2.40. The van der Waals surface area contributed by atoms with Crippen LogP contribution in [0.2, 0.25) is 5.02 Å². The predicted octanol–water partition coefficient (Wildman–Crippen LogP) is 3.19. The Balaban J connectivity index is 1.89. The Bertz CT molecular complexity index is 719. The molecule has 24 heavy (non-hydrogen) atoms. The molecule has 0 aliphatic heterocycles. The van der Waals surface area contributed by atoms with E-state index in [9.17, 15) is 14.0 Å². The smallest absolute Gasteiger partial charge is 0.224 e. The van der Waals surface area contributed by atoms with Gasteiger partial charge in [0.15, 0.2) is 0 Å². The minimum Gasteiger partial charge on any atom is -0.354 e. The molecule has 0 aromatic heterocycles. The van der Waals surface area contributed by atoms with Crippen LogP contribution < -0.4 is 10.2 Å². The van der Waals surface area contributed by atoms with Gasteiger partial charge in [0.1, 0.15) is 5.82 Å². The lowest BCUT2D eigenvalue weighted by Gasteiger charge is -2.21. The van der Waals surface area contributed by atoms with Crippen molar-refractivity contribution in [1.82, 2.24) is 5.32 Å². The number of benzene rings is 2. The number of amides is 2. The van der Waals surface area contributed by atoms with Crippen molar-refractivity contribution in [3.05, 3.63) is 64.9 Å². The molecule has 2 rings (SSSR count). The highest BCUT2D eigenvalue weighted by Gasteiger charge is 2.12. The van der Waals surface area contributed by atoms with Gasteiger partial charge >= 0.3 is 0 Å². The molecule has 0 atom stereocenters. The highest BCUT2D eigenvalue weighted by Crippen LogP contribution is 2.17. The summed E-state index contributed by atoms with van der Waals surface area (Å²) in [6, 6.07) is 13.0. The Labute approximate surface area is 145 Å². The van der Waals surface area contributed by atoms with Crippen LogP contribution in [0.25, 0.3) is 0 Å². The van der Waals surface area contributed by atoms with Crippen molar-refractivity contribution in [3.63, 3.8) is 0 Å². The van der Waals surface area contributed by atoms with Crippen LogP contribution >= 0.6 is 11.6 Å². The number of rotatable bonds is 6. The number of halogens is 2. The normalized spacial score (nSPS) is 10.3. The van der Waals surface area contributed by atoms with E-state index in [-0.39, 0.29) is 24.8 Å². The summed E-state index contributed by atoms with van der Waals surface area (Å²) < 4.78 is 13.5. The largest absolute Gasteiger partial charge is 0.354 e. The van der Waals surface area contributed by atoms with Gasteiger partial charge in [0, 0.05) is 30.7 Å². The van der Waals surface area contributed by atoms with E-state index in [1.165, 1.54) is 13.0 Å². The van der Waals surface area contributed by atoms with Crippen LogP contribution in [-0.2, 0) is 16.0 Å². The maximum absolute atomic E-state index is 13.5. The SMILES string of the molecule is CC(=O)N(CCNC(=O)Cc1ccccc1F)c1ccc(Cl)cc1. The zero-order valence-electron chi connectivity index (χ0n) is 13.3. The number of nitrogens with zero attached hydrogens (tertiary/aromatic N) is 1. The lowest BCUT2D eigenvalue weighted by atomic mass is 10.1. The second-order valence-corrected chi connectivity index (χ2v) is 5.70. The molecule has 4 nitrogen and oxygen atoms in total. The van der Waals surface area contributed by atoms with Crippen LogP contribution in [0.15, 0.2) is 48.5 Å². The number of hydrogen-bond acceptors (Lipinski definition) is 2. The summed E-state index contributed by atoms with van der Waals surface area (Å²) in [6.45, 7) is 2.05. The lowest BCUT2D eigenvalue weighted by Crippen LogP contribution is -2.38. The molecule has 6 heteroatoms. The van der Waals surface area contributed by atoms with Crippen molar-refractivity contribution >= 4 is 29.1 Å². The zero-order chi connectivity index (χ0) is 17.5. The van der Waals surface area contributed by atoms with Crippen LogP contribution in [0.4, 0.5) is 10.1 Å². The van der Waals surface area contributed by atoms with E-state index >= 15 is 0 Å². The quantitative estimate of drug-likeness (QED) is 0.871. The van der Waals surface area contributed by atoms with Crippen LogP contribution in [0.5, 0.6) is 0 Å². The van der Waals surface area contributed by atoms with Crippen molar-refractivity contribution in [2.75, 3.05) is 18.0 Å². The number of carbonyl (C=O) groups excluding carboxylic acids is 2. The minimum absolute atomic E-state index is 0.0340. The van der Waals surface area contributed by atoms with Gasteiger partial charge in [-0.05, 0) is 35.9 Å². The van der Waals surface area contributed by atoms with Gasteiger partial charge in [0.05, 0.1) is 6.42 Å². The third-order valence-electron chi connectivity index (χ3n) is 3.48. The third-order valence-corrected chi connectivity index (χ3v) is 3.74. The molecule has 0 fully saturated rings. The highest BCUT2D eigenvalue weighted by molar-refractivity contribution is 6.30. The number of anilines is 1. The monoisotopic (exact) mass is 348 g/mol. The molecule has 0 aliphatic carbocycles. The summed E-state index contributed by atoms with van der Waals surface area (Å²) >= 11 is 5.84. The molecule has 0 aliphatic rings. The first-order valence-corrected chi connectivity index (χ1v) is 7.89. The third kappa shape index (κ3) is 5.06. The second kappa shape index (κ2) is 8.45. The minimum atomic E-state index is -0.404. The van der Waals surface area contributed by atoms with Crippen molar-refractivity contribution in [3.8, 4) is 0 Å². The predicted molar refractivity (Wildman–Crippen MR) is 92.6 cm³/mol. The van der Waals surface area contributed by atoms with Gasteiger partial charge in [0.25, 0.3) is 0 Å². The molecule has 126 valence electrons. The summed E-state index contributed by atoms with van der Waals surface area (Å²) in [6.07, 6.45) is -0.0340. The fourth-order valence-corrected chi connectivity index (χ4v) is 2.40. The maximum atomic E-state index is 13.5. The van der Waals surface area contributed by atoms with Crippen molar-refractivity contribution in [2.24, 2.45) is 0 Å². The molecule has 2 amide bonds. The van der Waals surface area contributed by atoms with Crippen LogP contribution in [0, 0.1) is 5.82 Å². The van der Waals surface area contributed by atoms with E-state index in [1.54, 1.807) is 47.4 Å². The first-order chi connectivity index (χ1) is 11.5. The molecule has 1 N–H and O–H groups in total. The van der Waals surface area contributed by atoms with E-state index in [0.29, 0.717) is 22.8 Å². The molecule has 0 bridgehead atoms. The molecule has 0 unspecified atom stereocenters. The maximum Gasteiger partial charge on any atom is 0.224 e. The van der Waals surface area contributed by atoms with Gasteiger partial charge in [-0.2, -0.15) is 0 Å². The van der Waals surface area contributed by atoms with E-state index < -0.39 is 5.82 Å². The second-order valence-electron chi connectivity index (χ2n) is 5.27. The average Bonchev–Trinajstić information content (AvgIpc) is 2.54. The Morgan fingerprint density at radius 3 is 2.42 bits per heavy atom. The van der Waals surface area contributed by atoms with Crippen molar-refractivity contribution in [1.29, 1.82) is 0 Å². The number of hydrogen-bond donors (Lipinski definition) is 1. The number of carbonyl (C=O) groups is 2. The van der Waals surface area contributed by atoms with Crippen LogP contribution in [0.3, 0.4) is 0 Å². The van der Waals surface area contributed by atoms with Gasteiger partial charge in [-0.25, -0.2) is 4.39 Å². The summed E-state index contributed by atoms with van der Waals surface area (Å²) in [5.41, 5.74) is 1.05. The highest BCUT2D eigenvalue weighted by atomic mass is 35.5. The lowest BCUT2D eigenvalue weighted by molar-refractivity contribution is -0.121. The van der Waals surface area contributed by atoms with Gasteiger partial charge in [-0.1, -0.05) is 29.8 Å². The average molecular weight is 349 g/mol. The molecular weight excluding hydrogens is 331 g/mol. The first kappa shape index (κ1) is 17.9. The van der Waals surface area contributed by atoms with E-state index in [1.807, 2.05) is 0 Å². The van der Waals surface area contributed by atoms with Crippen LogP contribution in [0.1, 0.15) is 12.5 Å². The molecule has 0 spiro atoms. The molecule has 2 aromatic rings. The van der Waals surface area contributed by atoms with Gasteiger partial charge in [0.2, 0.25) is 11.8 Å². The van der Waals surface area contributed by atoms with Crippen LogP contribution in [-0.4, -0.2) is 24.9 Å². The Kier molecular flexibility index (Phi) is 6.32. The molecule has 2 aromatic carbocycles. The van der Waals surface area contributed by atoms with Gasteiger partial charge in [-0.3, -0.25) is 9.59 Å². The standard InChI is InChI=1S/C18H18ClFN2O2/c1-13(23)22(16-8-6-15(19)7-9-16)11-10-21-18(24)12-14-4-2-3-5-17(14)20/h2-9H,10-12H2,1H3,(H,21,24). The summed E-state index contributed by atoms with van der Waals surface area (Å²) in [5.74, 6) is -0.834. The van der Waals surface area contributed by atoms with Crippen molar-refractivity contribution in [2.45, 2.75) is 13.3 Å². The molecule has 0 saturated heterocycles. The van der Waals surface area contributed by atoms with Gasteiger partial charge in [-0.15, -0.1) is 0 Å². The summed E-state index contributed by atoms with van der Waals surface area (Å²) in [5, 5.41) is 3.28. The molecule has 0 saturated carbocycles. The Morgan fingerprint density at radius 1 is 1.12 bits per heavy atom. The molecule has 0 heterocycles. The summed E-state index contributed by atoms with van der Waals surface area (Å²) in [4.78, 5) is 25.2. The Morgan fingerprint density at radius 2 is 1.79 bits per heavy atom. The zero-order valence-corrected chi connectivity index (χ0v) is 14.0. The topological polar surface area (TPSA) is 49.4 Å². The van der Waals surface area contributed by atoms with Gasteiger partial charge < -0.3 is 10.2 Å².